The molecule has 0 aliphatic heterocycles. The van der Waals surface area contributed by atoms with E-state index in [1.807, 2.05) is 11.9 Å². The molecule has 0 unspecified atom stereocenters. The van der Waals surface area contributed by atoms with Gasteiger partial charge in [-0.15, -0.1) is 0 Å². The lowest BCUT2D eigenvalue weighted by atomic mass is 10.1. The van der Waals surface area contributed by atoms with Gasteiger partial charge in [-0.05, 0) is 19.5 Å². The third-order valence-electron chi connectivity index (χ3n) is 2.20. The molecule has 82 valence electrons. The molecule has 0 aliphatic carbocycles. The number of carbonyl (C=O) groups excluding carboxylic acids is 1. The molecular formula is C12H17NO2. The van der Waals surface area contributed by atoms with Gasteiger partial charge in [0.15, 0.2) is 0 Å². The number of carbonyl (C=O) groups is 1. The highest BCUT2D eigenvalue weighted by atomic mass is 16.5. The molecular weight excluding hydrogens is 190 g/mol. The van der Waals surface area contributed by atoms with Crippen LogP contribution >= 0.6 is 0 Å². The summed E-state index contributed by atoms with van der Waals surface area (Å²) in [6.07, 6.45) is 0. The summed E-state index contributed by atoms with van der Waals surface area (Å²) in [5.74, 6) is -0.204. The first-order chi connectivity index (χ1) is 7.11. The topological polar surface area (TPSA) is 29.5 Å². The fourth-order valence-corrected chi connectivity index (χ4v) is 1.35. The van der Waals surface area contributed by atoms with E-state index < -0.39 is 0 Å². The van der Waals surface area contributed by atoms with Crippen LogP contribution in [0.1, 0.15) is 11.1 Å². The van der Waals surface area contributed by atoms with E-state index in [0.29, 0.717) is 6.54 Å². The maximum atomic E-state index is 11.0. The number of rotatable bonds is 4. The van der Waals surface area contributed by atoms with Crippen molar-refractivity contribution in [1.29, 1.82) is 0 Å². The lowest BCUT2D eigenvalue weighted by Crippen LogP contribution is -2.26. The summed E-state index contributed by atoms with van der Waals surface area (Å²) >= 11 is 0. The van der Waals surface area contributed by atoms with E-state index >= 15 is 0 Å². The van der Waals surface area contributed by atoms with Gasteiger partial charge < -0.3 is 4.74 Å². The summed E-state index contributed by atoms with van der Waals surface area (Å²) in [6, 6.07) is 8.29. The summed E-state index contributed by atoms with van der Waals surface area (Å²) in [4.78, 5) is 12.9. The quantitative estimate of drug-likeness (QED) is 0.702. The number of esters is 1. The molecule has 0 atom stereocenters. The first kappa shape index (κ1) is 11.7. The van der Waals surface area contributed by atoms with Crippen LogP contribution in [0.2, 0.25) is 0 Å². The van der Waals surface area contributed by atoms with Crippen molar-refractivity contribution in [3.05, 3.63) is 35.4 Å². The molecule has 0 aliphatic rings. The molecule has 1 aromatic carbocycles. The molecule has 3 nitrogen and oxygen atoms in total. The summed E-state index contributed by atoms with van der Waals surface area (Å²) in [6.45, 7) is 3.14. The Hall–Kier alpha value is -1.35. The summed E-state index contributed by atoms with van der Waals surface area (Å²) in [5.41, 5.74) is 2.45. The van der Waals surface area contributed by atoms with Gasteiger partial charge in [0.2, 0.25) is 0 Å². The highest BCUT2D eigenvalue weighted by molar-refractivity contribution is 5.71. The number of nitrogens with zero attached hydrogens (tertiary/aromatic N) is 1. The number of hydrogen-bond acceptors (Lipinski definition) is 3. The van der Waals surface area contributed by atoms with Crippen molar-refractivity contribution in [1.82, 2.24) is 4.90 Å². The smallest absolute Gasteiger partial charge is 0.319 e. The molecule has 0 bridgehead atoms. The standard InChI is InChI=1S/C12H17NO2/c1-10-4-6-11(7-5-10)8-13(2)9-12(14)15-3/h4-7H,8-9H2,1-3H3. The van der Waals surface area contributed by atoms with E-state index in [0.717, 1.165) is 6.54 Å². The Balaban J connectivity index is 2.47. The van der Waals surface area contributed by atoms with Crippen molar-refractivity contribution < 1.29 is 9.53 Å². The van der Waals surface area contributed by atoms with Gasteiger partial charge >= 0.3 is 5.97 Å². The molecule has 0 spiro atoms. The Labute approximate surface area is 90.7 Å². The Morgan fingerprint density at radius 1 is 1.33 bits per heavy atom. The SMILES string of the molecule is COC(=O)CN(C)Cc1ccc(C)cc1. The molecule has 0 amide bonds. The molecule has 0 aromatic heterocycles. The third-order valence-corrected chi connectivity index (χ3v) is 2.20. The van der Waals surface area contributed by atoms with Crippen molar-refractivity contribution in [3.8, 4) is 0 Å². The minimum atomic E-state index is -0.204. The minimum Gasteiger partial charge on any atom is -0.468 e. The molecule has 0 heterocycles. The maximum absolute atomic E-state index is 11.0. The first-order valence-electron chi connectivity index (χ1n) is 4.92. The van der Waals surface area contributed by atoms with Crippen molar-refractivity contribution in [3.63, 3.8) is 0 Å². The van der Waals surface area contributed by atoms with Gasteiger partial charge in [0.25, 0.3) is 0 Å². The molecule has 0 fully saturated rings. The average Bonchev–Trinajstić information content (AvgIpc) is 2.21. The molecule has 0 radical (unpaired) electrons. The number of aryl methyl sites for hydroxylation is 1. The van der Waals surface area contributed by atoms with Crippen LogP contribution in [0.25, 0.3) is 0 Å². The number of ether oxygens (including phenoxy) is 1. The van der Waals surface area contributed by atoms with Crippen LogP contribution in [0.15, 0.2) is 24.3 Å². The molecule has 1 rings (SSSR count). The van der Waals surface area contributed by atoms with Crippen LogP contribution in [0.4, 0.5) is 0 Å². The van der Waals surface area contributed by atoms with Crippen LogP contribution in [-0.4, -0.2) is 31.6 Å². The third kappa shape index (κ3) is 4.13. The lowest BCUT2D eigenvalue weighted by Gasteiger charge is -2.14. The number of benzene rings is 1. The van der Waals surface area contributed by atoms with Gasteiger partial charge in [0.05, 0.1) is 13.7 Å². The van der Waals surface area contributed by atoms with Crippen LogP contribution in [0.3, 0.4) is 0 Å². The Morgan fingerprint density at radius 3 is 2.47 bits per heavy atom. The lowest BCUT2D eigenvalue weighted by molar-refractivity contribution is -0.141. The fraction of sp³-hybridized carbons (Fsp3) is 0.417. The fourth-order valence-electron chi connectivity index (χ4n) is 1.35. The van der Waals surface area contributed by atoms with E-state index in [9.17, 15) is 4.79 Å². The molecule has 15 heavy (non-hydrogen) atoms. The Morgan fingerprint density at radius 2 is 1.93 bits per heavy atom. The summed E-state index contributed by atoms with van der Waals surface area (Å²) in [5, 5.41) is 0. The van der Waals surface area contributed by atoms with Gasteiger partial charge in [-0.3, -0.25) is 9.69 Å². The van der Waals surface area contributed by atoms with Crippen LogP contribution in [0.5, 0.6) is 0 Å². The van der Waals surface area contributed by atoms with E-state index in [4.69, 9.17) is 0 Å². The second-order valence-electron chi connectivity index (χ2n) is 3.73. The van der Waals surface area contributed by atoms with Crippen LogP contribution in [-0.2, 0) is 16.1 Å². The Bertz CT molecular complexity index is 319. The highest BCUT2D eigenvalue weighted by Crippen LogP contribution is 2.05. The molecule has 1 aromatic rings. The number of methoxy groups -OCH3 is 1. The molecule has 0 saturated carbocycles. The first-order valence-corrected chi connectivity index (χ1v) is 4.92. The van der Waals surface area contributed by atoms with Gasteiger partial charge in [0.1, 0.15) is 0 Å². The number of likely N-dealkylation sites (N-methyl/N-ethyl adjacent to an activating group) is 1. The van der Waals surface area contributed by atoms with Crippen molar-refractivity contribution in [2.45, 2.75) is 13.5 Å². The van der Waals surface area contributed by atoms with Crippen molar-refractivity contribution in [2.75, 3.05) is 20.7 Å². The molecule has 0 saturated heterocycles. The zero-order valence-electron chi connectivity index (χ0n) is 9.49. The van der Waals surface area contributed by atoms with E-state index in [1.165, 1.54) is 18.2 Å². The number of hydrogen-bond donors (Lipinski definition) is 0. The average molecular weight is 207 g/mol. The van der Waals surface area contributed by atoms with Gasteiger partial charge in [0, 0.05) is 6.54 Å². The van der Waals surface area contributed by atoms with E-state index in [-0.39, 0.29) is 5.97 Å². The second kappa shape index (κ2) is 5.51. The van der Waals surface area contributed by atoms with Gasteiger partial charge in [-0.25, -0.2) is 0 Å². The van der Waals surface area contributed by atoms with E-state index in [1.54, 1.807) is 0 Å². The van der Waals surface area contributed by atoms with E-state index in [2.05, 4.69) is 35.9 Å². The summed E-state index contributed by atoms with van der Waals surface area (Å²) in [7, 11) is 3.30. The second-order valence-corrected chi connectivity index (χ2v) is 3.73. The van der Waals surface area contributed by atoms with Crippen molar-refractivity contribution in [2.24, 2.45) is 0 Å². The van der Waals surface area contributed by atoms with Crippen molar-refractivity contribution >= 4 is 5.97 Å². The minimum absolute atomic E-state index is 0.204. The molecule has 3 heteroatoms. The predicted octanol–water partition coefficient (Wildman–Crippen LogP) is 1.60. The highest BCUT2D eigenvalue weighted by Gasteiger charge is 2.06. The normalized spacial score (nSPS) is 10.4. The maximum Gasteiger partial charge on any atom is 0.319 e. The largest absolute Gasteiger partial charge is 0.468 e. The van der Waals surface area contributed by atoms with Gasteiger partial charge in [-0.2, -0.15) is 0 Å². The van der Waals surface area contributed by atoms with Crippen LogP contribution in [0, 0.1) is 6.92 Å². The van der Waals surface area contributed by atoms with Crippen LogP contribution < -0.4 is 0 Å². The Kier molecular flexibility index (Phi) is 4.31. The predicted molar refractivity (Wildman–Crippen MR) is 59.5 cm³/mol. The van der Waals surface area contributed by atoms with Gasteiger partial charge in [-0.1, -0.05) is 29.8 Å². The summed E-state index contributed by atoms with van der Waals surface area (Å²) < 4.78 is 4.60. The molecule has 0 N–H and O–H groups in total. The zero-order valence-corrected chi connectivity index (χ0v) is 9.49. The monoisotopic (exact) mass is 207 g/mol. The zero-order chi connectivity index (χ0) is 11.3.